The molecule has 2 N–H and O–H groups in total. The third kappa shape index (κ3) is 4.33. The fraction of sp³-hybridized carbons (Fsp3) is 0.250. The second-order valence-corrected chi connectivity index (χ2v) is 4.79. The summed E-state index contributed by atoms with van der Waals surface area (Å²) in [7, 11) is 0. The Labute approximate surface area is 127 Å². The molecule has 0 aliphatic heterocycles. The standard InChI is InChI=1S/C16H17F2N3O/c1-2-15(13-4-3-11(17)9-14(13)18)20-10-16(22)21-12-5-7-19-8-6-12/h3-9,15,20H,2,10H2,1H3,(H,19,21,22)/t15-/m0/s1. The van der Waals surface area contributed by atoms with Gasteiger partial charge < -0.3 is 10.6 Å². The summed E-state index contributed by atoms with van der Waals surface area (Å²) in [5.74, 6) is -1.48. The van der Waals surface area contributed by atoms with Crippen LogP contribution in [0.1, 0.15) is 24.9 Å². The third-order valence-electron chi connectivity index (χ3n) is 3.22. The van der Waals surface area contributed by atoms with Crippen LogP contribution in [0.2, 0.25) is 0 Å². The topological polar surface area (TPSA) is 54.0 Å². The molecule has 0 radical (unpaired) electrons. The number of hydrogen-bond acceptors (Lipinski definition) is 3. The number of carbonyl (C=O) groups excluding carboxylic acids is 1. The van der Waals surface area contributed by atoms with Gasteiger partial charge in [0.15, 0.2) is 0 Å². The van der Waals surface area contributed by atoms with Gasteiger partial charge in [-0.1, -0.05) is 13.0 Å². The quantitative estimate of drug-likeness (QED) is 0.862. The first-order valence-electron chi connectivity index (χ1n) is 6.98. The van der Waals surface area contributed by atoms with Gasteiger partial charge in [0.1, 0.15) is 11.6 Å². The van der Waals surface area contributed by atoms with Gasteiger partial charge >= 0.3 is 0 Å². The fourth-order valence-corrected chi connectivity index (χ4v) is 2.11. The number of amides is 1. The Kier molecular flexibility index (Phi) is 5.55. The fourth-order valence-electron chi connectivity index (χ4n) is 2.11. The van der Waals surface area contributed by atoms with E-state index >= 15 is 0 Å². The van der Waals surface area contributed by atoms with Gasteiger partial charge in [-0.25, -0.2) is 8.78 Å². The summed E-state index contributed by atoms with van der Waals surface area (Å²) in [5.41, 5.74) is 0.989. The van der Waals surface area contributed by atoms with Crippen LogP contribution in [0.4, 0.5) is 14.5 Å². The van der Waals surface area contributed by atoms with Crippen molar-refractivity contribution in [1.82, 2.24) is 10.3 Å². The van der Waals surface area contributed by atoms with Gasteiger partial charge in [-0.2, -0.15) is 0 Å². The Hall–Kier alpha value is -2.34. The van der Waals surface area contributed by atoms with Crippen LogP contribution in [0.15, 0.2) is 42.7 Å². The third-order valence-corrected chi connectivity index (χ3v) is 3.22. The molecule has 0 saturated heterocycles. The molecule has 4 nitrogen and oxygen atoms in total. The van der Waals surface area contributed by atoms with Crippen molar-refractivity contribution >= 4 is 11.6 Å². The second kappa shape index (κ2) is 7.61. The number of nitrogens with one attached hydrogen (secondary N) is 2. The molecule has 0 aliphatic rings. The Morgan fingerprint density at radius 2 is 1.95 bits per heavy atom. The van der Waals surface area contributed by atoms with E-state index in [0.717, 1.165) is 6.07 Å². The van der Waals surface area contributed by atoms with Crippen molar-refractivity contribution in [2.75, 3.05) is 11.9 Å². The number of hydrogen-bond donors (Lipinski definition) is 2. The summed E-state index contributed by atoms with van der Waals surface area (Å²) in [6, 6.07) is 6.44. The molecule has 0 bridgehead atoms. The first-order valence-corrected chi connectivity index (χ1v) is 6.98. The molecule has 2 rings (SSSR count). The highest BCUT2D eigenvalue weighted by Gasteiger charge is 2.15. The van der Waals surface area contributed by atoms with Gasteiger partial charge in [-0.05, 0) is 24.6 Å². The molecule has 22 heavy (non-hydrogen) atoms. The van der Waals surface area contributed by atoms with Crippen LogP contribution < -0.4 is 10.6 Å². The lowest BCUT2D eigenvalue weighted by Crippen LogP contribution is -2.31. The SMILES string of the molecule is CC[C@H](NCC(=O)Nc1ccncc1)c1ccc(F)cc1F. The monoisotopic (exact) mass is 305 g/mol. The lowest BCUT2D eigenvalue weighted by atomic mass is 10.0. The number of carbonyl (C=O) groups is 1. The summed E-state index contributed by atoms with van der Waals surface area (Å²) in [5, 5.41) is 5.68. The smallest absolute Gasteiger partial charge is 0.238 e. The van der Waals surface area contributed by atoms with Crippen molar-refractivity contribution in [3.05, 3.63) is 59.9 Å². The predicted molar refractivity (Wildman–Crippen MR) is 80.3 cm³/mol. The molecular weight excluding hydrogens is 288 g/mol. The highest BCUT2D eigenvalue weighted by molar-refractivity contribution is 5.92. The maximum atomic E-state index is 13.8. The van der Waals surface area contributed by atoms with E-state index in [2.05, 4.69) is 15.6 Å². The van der Waals surface area contributed by atoms with E-state index in [-0.39, 0.29) is 18.5 Å². The van der Waals surface area contributed by atoms with Crippen molar-refractivity contribution in [3.63, 3.8) is 0 Å². The number of anilines is 1. The van der Waals surface area contributed by atoms with Crippen LogP contribution in [0.25, 0.3) is 0 Å². The summed E-state index contributed by atoms with van der Waals surface area (Å²) in [4.78, 5) is 15.7. The van der Waals surface area contributed by atoms with E-state index in [9.17, 15) is 13.6 Å². The van der Waals surface area contributed by atoms with E-state index in [4.69, 9.17) is 0 Å². The Morgan fingerprint density at radius 1 is 1.23 bits per heavy atom. The predicted octanol–water partition coefficient (Wildman–Crippen LogP) is 3.04. The van der Waals surface area contributed by atoms with Gasteiger partial charge in [0.2, 0.25) is 5.91 Å². The van der Waals surface area contributed by atoms with Crippen LogP contribution in [0.5, 0.6) is 0 Å². The summed E-state index contributed by atoms with van der Waals surface area (Å²) < 4.78 is 26.7. The lowest BCUT2D eigenvalue weighted by Gasteiger charge is -2.18. The molecule has 1 aromatic heterocycles. The van der Waals surface area contributed by atoms with Crippen LogP contribution in [0.3, 0.4) is 0 Å². The van der Waals surface area contributed by atoms with Gasteiger partial charge in [-0.3, -0.25) is 9.78 Å². The van der Waals surface area contributed by atoms with Crippen molar-refractivity contribution in [2.24, 2.45) is 0 Å². The molecule has 1 aromatic carbocycles. The number of aromatic nitrogens is 1. The number of halogens is 2. The van der Waals surface area contributed by atoms with Crippen LogP contribution in [0, 0.1) is 11.6 Å². The average Bonchev–Trinajstić information content (AvgIpc) is 2.50. The minimum Gasteiger partial charge on any atom is -0.325 e. The van der Waals surface area contributed by atoms with Gasteiger partial charge in [0.25, 0.3) is 0 Å². The number of rotatable bonds is 6. The molecule has 0 aliphatic carbocycles. The van der Waals surface area contributed by atoms with Crippen LogP contribution >= 0.6 is 0 Å². The highest BCUT2D eigenvalue weighted by atomic mass is 19.1. The molecule has 0 saturated carbocycles. The van der Waals surface area contributed by atoms with Crippen molar-refractivity contribution in [1.29, 1.82) is 0 Å². The normalized spacial score (nSPS) is 12.0. The molecule has 0 spiro atoms. The molecule has 0 fully saturated rings. The number of nitrogens with zero attached hydrogens (tertiary/aromatic N) is 1. The van der Waals surface area contributed by atoms with Crippen molar-refractivity contribution < 1.29 is 13.6 Å². The van der Waals surface area contributed by atoms with Crippen molar-refractivity contribution in [2.45, 2.75) is 19.4 Å². The Bertz CT molecular complexity index is 635. The van der Waals surface area contributed by atoms with E-state index in [1.165, 1.54) is 12.1 Å². The zero-order valence-electron chi connectivity index (χ0n) is 12.1. The Morgan fingerprint density at radius 3 is 2.59 bits per heavy atom. The molecule has 1 amide bonds. The average molecular weight is 305 g/mol. The largest absolute Gasteiger partial charge is 0.325 e. The maximum Gasteiger partial charge on any atom is 0.238 e. The van der Waals surface area contributed by atoms with Gasteiger partial charge in [0, 0.05) is 35.8 Å². The zero-order chi connectivity index (χ0) is 15.9. The van der Waals surface area contributed by atoms with E-state index < -0.39 is 11.6 Å². The number of benzene rings is 1. The summed E-state index contributed by atoms with van der Waals surface area (Å²) in [6.45, 7) is 1.89. The molecule has 6 heteroatoms. The van der Waals surface area contributed by atoms with Gasteiger partial charge in [0.05, 0.1) is 6.54 Å². The second-order valence-electron chi connectivity index (χ2n) is 4.79. The zero-order valence-corrected chi connectivity index (χ0v) is 12.1. The molecule has 116 valence electrons. The van der Waals surface area contributed by atoms with E-state index in [1.54, 1.807) is 24.5 Å². The molecule has 2 aromatic rings. The first-order chi connectivity index (χ1) is 10.6. The number of pyridine rings is 1. The van der Waals surface area contributed by atoms with E-state index in [0.29, 0.717) is 17.7 Å². The summed E-state index contributed by atoms with van der Waals surface area (Å²) >= 11 is 0. The minimum absolute atomic E-state index is 0.0254. The summed E-state index contributed by atoms with van der Waals surface area (Å²) in [6.07, 6.45) is 3.72. The van der Waals surface area contributed by atoms with Crippen LogP contribution in [-0.2, 0) is 4.79 Å². The molecule has 1 atom stereocenters. The highest BCUT2D eigenvalue weighted by Crippen LogP contribution is 2.20. The first kappa shape index (κ1) is 16.0. The molecule has 0 unspecified atom stereocenters. The van der Waals surface area contributed by atoms with E-state index in [1.807, 2.05) is 6.92 Å². The molecule has 1 heterocycles. The minimum atomic E-state index is -0.619. The van der Waals surface area contributed by atoms with Crippen LogP contribution in [-0.4, -0.2) is 17.4 Å². The van der Waals surface area contributed by atoms with Crippen molar-refractivity contribution in [3.8, 4) is 0 Å². The van der Waals surface area contributed by atoms with Gasteiger partial charge in [-0.15, -0.1) is 0 Å². The molecular formula is C16H17F2N3O. The maximum absolute atomic E-state index is 13.8. The lowest BCUT2D eigenvalue weighted by molar-refractivity contribution is -0.115. The Balaban J connectivity index is 1.94.